The Morgan fingerprint density at radius 2 is 1.74 bits per heavy atom. The molecule has 0 radical (unpaired) electrons. The highest BCUT2D eigenvalue weighted by atomic mass is 16.2. The molecule has 1 saturated carbocycles. The van der Waals surface area contributed by atoms with E-state index in [1.165, 1.54) is 19.3 Å². The van der Waals surface area contributed by atoms with Crippen molar-refractivity contribution in [3.8, 4) is 0 Å². The van der Waals surface area contributed by atoms with Gasteiger partial charge in [-0.1, -0.05) is 36.8 Å². The average molecular weight is 422 g/mol. The summed E-state index contributed by atoms with van der Waals surface area (Å²) < 4.78 is 2.15. The van der Waals surface area contributed by atoms with Crippen LogP contribution >= 0.6 is 0 Å². The van der Waals surface area contributed by atoms with Crippen LogP contribution in [0, 0.1) is 0 Å². The lowest BCUT2D eigenvalue weighted by Crippen LogP contribution is -2.55. The predicted octanol–water partition coefficient (Wildman–Crippen LogP) is 1.82. The Balaban J connectivity index is 1.14. The molecular weight excluding hydrogens is 390 g/mol. The van der Waals surface area contributed by atoms with Gasteiger partial charge in [-0.3, -0.25) is 19.4 Å². The highest BCUT2D eigenvalue weighted by molar-refractivity contribution is 5.97. The lowest BCUT2D eigenvalue weighted by atomic mass is 9.91. The zero-order valence-electron chi connectivity index (χ0n) is 18.1. The number of benzene rings is 1. The molecule has 31 heavy (non-hydrogen) atoms. The van der Waals surface area contributed by atoms with E-state index in [1.54, 1.807) is 0 Å². The number of imidazole rings is 1. The Morgan fingerprint density at radius 1 is 0.968 bits per heavy atom. The van der Waals surface area contributed by atoms with Crippen molar-refractivity contribution in [3.63, 3.8) is 0 Å². The Hall–Kier alpha value is -2.51. The predicted molar refractivity (Wildman–Crippen MR) is 118 cm³/mol. The molecule has 3 aliphatic rings. The third-order valence-corrected chi connectivity index (χ3v) is 7.08. The van der Waals surface area contributed by atoms with Gasteiger partial charge >= 0.3 is 0 Å². The normalized spacial score (nSPS) is 20.3. The van der Waals surface area contributed by atoms with E-state index in [4.69, 9.17) is 0 Å². The molecule has 7 nitrogen and oxygen atoms in total. The van der Waals surface area contributed by atoms with Crippen molar-refractivity contribution in [3.05, 3.63) is 53.6 Å². The number of hydrogen-bond donors (Lipinski definition) is 0. The van der Waals surface area contributed by atoms with Crippen molar-refractivity contribution < 1.29 is 9.59 Å². The number of carbonyl (C=O) groups excluding carboxylic acids is 2. The first kappa shape index (κ1) is 20.4. The fourth-order valence-corrected chi connectivity index (χ4v) is 4.92. The fraction of sp³-hybridized carbons (Fsp3) is 0.542. The summed E-state index contributed by atoms with van der Waals surface area (Å²) in [7, 11) is 0. The number of aromatic nitrogens is 2. The molecule has 164 valence electrons. The average Bonchev–Trinajstić information content (AvgIpc) is 3.15. The van der Waals surface area contributed by atoms with Gasteiger partial charge in [-0.2, -0.15) is 0 Å². The number of Topliss-reactive ketones (excluding diaryl/α,β-unsaturated/α-hetero) is 1. The number of rotatable bonds is 6. The van der Waals surface area contributed by atoms with E-state index in [9.17, 15) is 9.59 Å². The molecule has 1 aliphatic carbocycles. The maximum atomic E-state index is 12.8. The summed E-state index contributed by atoms with van der Waals surface area (Å²) in [6, 6.07) is 10.2. The minimum Gasteiger partial charge on any atom is -0.339 e. The van der Waals surface area contributed by atoms with Gasteiger partial charge in [-0.25, -0.2) is 4.98 Å². The van der Waals surface area contributed by atoms with Crippen molar-refractivity contribution in [1.82, 2.24) is 24.3 Å². The van der Waals surface area contributed by atoms with Crippen LogP contribution in [0.5, 0.6) is 0 Å². The molecule has 3 heterocycles. The van der Waals surface area contributed by atoms with Gasteiger partial charge < -0.3 is 9.47 Å². The number of carbonyl (C=O) groups is 2. The number of ketones is 1. The van der Waals surface area contributed by atoms with E-state index >= 15 is 0 Å². The number of hydrogen-bond acceptors (Lipinski definition) is 5. The second-order valence-electron chi connectivity index (χ2n) is 9.00. The molecule has 0 bridgehead atoms. The molecule has 0 N–H and O–H groups in total. The van der Waals surface area contributed by atoms with Crippen molar-refractivity contribution in [1.29, 1.82) is 0 Å². The minimum absolute atomic E-state index is 0.113. The van der Waals surface area contributed by atoms with Crippen LogP contribution < -0.4 is 0 Å². The largest absolute Gasteiger partial charge is 0.339 e. The summed E-state index contributed by atoms with van der Waals surface area (Å²) >= 11 is 0. The van der Waals surface area contributed by atoms with Gasteiger partial charge in [0.05, 0.1) is 19.5 Å². The van der Waals surface area contributed by atoms with Crippen LogP contribution in [0.15, 0.2) is 36.5 Å². The van der Waals surface area contributed by atoms with E-state index in [0.29, 0.717) is 19.5 Å². The number of piperazine rings is 1. The first-order valence-electron chi connectivity index (χ1n) is 11.5. The fourth-order valence-electron chi connectivity index (χ4n) is 4.92. The molecule has 2 aromatic rings. The molecule has 0 unspecified atom stereocenters. The van der Waals surface area contributed by atoms with Crippen LogP contribution in [0.3, 0.4) is 0 Å². The van der Waals surface area contributed by atoms with Crippen molar-refractivity contribution in [2.75, 3.05) is 39.3 Å². The van der Waals surface area contributed by atoms with E-state index < -0.39 is 0 Å². The van der Waals surface area contributed by atoms with Crippen LogP contribution in [0.1, 0.15) is 41.1 Å². The van der Waals surface area contributed by atoms with E-state index in [1.807, 2.05) is 41.4 Å². The number of fused-ring (bicyclic) bond motifs is 1. The molecule has 2 fully saturated rings. The molecule has 1 amide bonds. The molecule has 1 aromatic heterocycles. The smallest absolute Gasteiger partial charge is 0.236 e. The molecule has 0 spiro atoms. The van der Waals surface area contributed by atoms with Gasteiger partial charge in [-0.05, 0) is 12.8 Å². The lowest BCUT2D eigenvalue weighted by molar-refractivity contribution is -0.135. The van der Waals surface area contributed by atoms with Gasteiger partial charge in [-0.15, -0.1) is 0 Å². The quantitative estimate of drug-likeness (QED) is 0.666. The molecule has 0 atom stereocenters. The second-order valence-corrected chi connectivity index (χ2v) is 9.00. The molecule has 5 rings (SSSR count). The Kier molecular flexibility index (Phi) is 5.87. The van der Waals surface area contributed by atoms with Crippen molar-refractivity contribution in [2.24, 2.45) is 0 Å². The molecule has 2 aliphatic heterocycles. The van der Waals surface area contributed by atoms with Crippen LogP contribution in [0.4, 0.5) is 0 Å². The Bertz CT molecular complexity index is 929. The van der Waals surface area contributed by atoms with Crippen LogP contribution in [0.2, 0.25) is 0 Å². The summed E-state index contributed by atoms with van der Waals surface area (Å²) in [6.45, 7) is 6.42. The summed E-state index contributed by atoms with van der Waals surface area (Å²) in [4.78, 5) is 36.7. The van der Waals surface area contributed by atoms with E-state index in [-0.39, 0.29) is 11.7 Å². The van der Waals surface area contributed by atoms with E-state index in [0.717, 1.165) is 62.4 Å². The Labute approximate surface area is 183 Å². The molecule has 7 heteroatoms. The highest BCUT2D eigenvalue weighted by Gasteiger charge is 2.30. The van der Waals surface area contributed by atoms with Crippen LogP contribution in [-0.4, -0.2) is 81.3 Å². The van der Waals surface area contributed by atoms with Crippen LogP contribution in [-0.2, 0) is 24.3 Å². The minimum atomic E-state index is 0.113. The van der Waals surface area contributed by atoms with Crippen molar-refractivity contribution >= 4 is 11.7 Å². The maximum Gasteiger partial charge on any atom is 0.236 e. The van der Waals surface area contributed by atoms with Gasteiger partial charge in [0, 0.05) is 62.8 Å². The SMILES string of the molecule is O=C(Cc1cnc2n1CCN(CC(=O)N1CCN(C3CCC3)CC1)C2)c1ccccc1. The molecule has 1 aromatic carbocycles. The standard InChI is InChI=1S/C24H31N5O2/c30-22(19-5-2-1-3-6-19)15-21-16-25-23-17-26(9-14-29(21)23)18-24(31)28-12-10-27(11-13-28)20-7-4-8-20/h1-3,5-6,16,20H,4,7-15,17-18H2. The first-order chi connectivity index (χ1) is 15.2. The summed E-state index contributed by atoms with van der Waals surface area (Å²) in [5.74, 6) is 1.29. The molecular formula is C24H31N5O2. The lowest BCUT2D eigenvalue weighted by Gasteiger charge is -2.43. The topological polar surface area (TPSA) is 61.7 Å². The first-order valence-corrected chi connectivity index (χ1v) is 11.5. The van der Waals surface area contributed by atoms with Crippen molar-refractivity contribution in [2.45, 2.75) is 44.8 Å². The van der Waals surface area contributed by atoms with Gasteiger partial charge in [0.1, 0.15) is 5.82 Å². The van der Waals surface area contributed by atoms with Gasteiger partial charge in [0.25, 0.3) is 0 Å². The number of nitrogens with zero attached hydrogens (tertiary/aromatic N) is 5. The van der Waals surface area contributed by atoms with E-state index in [2.05, 4.69) is 19.4 Å². The zero-order valence-corrected chi connectivity index (χ0v) is 18.1. The van der Waals surface area contributed by atoms with Gasteiger partial charge in [0.15, 0.2) is 5.78 Å². The number of amides is 1. The van der Waals surface area contributed by atoms with Crippen LogP contribution in [0.25, 0.3) is 0 Å². The zero-order chi connectivity index (χ0) is 21.2. The third-order valence-electron chi connectivity index (χ3n) is 7.08. The summed E-state index contributed by atoms with van der Waals surface area (Å²) in [5.41, 5.74) is 1.69. The molecule has 1 saturated heterocycles. The summed E-state index contributed by atoms with van der Waals surface area (Å²) in [6.07, 6.45) is 6.19. The third kappa shape index (κ3) is 4.43. The maximum absolute atomic E-state index is 12.8. The summed E-state index contributed by atoms with van der Waals surface area (Å²) in [5, 5.41) is 0. The second kappa shape index (κ2) is 8.93. The monoisotopic (exact) mass is 421 g/mol. The highest BCUT2D eigenvalue weighted by Crippen LogP contribution is 2.25. The Morgan fingerprint density at radius 3 is 2.45 bits per heavy atom. The van der Waals surface area contributed by atoms with Gasteiger partial charge in [0.2, 0.25) is 5.91 Å².